The van der Waals surface area contributed by atoms with E-state index in [4.69, 9.17) is 14.2 Å². The van der Waals surface area contributed by atoms with Gasteiger partial charge in [-0.15, -0.1) is 0 Å². The summed E-state index contributed by atoms with van der Waals surface area (Å²) in [6.07, 6.45) is 88.5. The van der Waals surface area contributed by atoms with Crippen molar-refractivity contribution in [1.82, 2.24) is 0 Å². The molecule has 0 rings (SSSR count). The Kier molecular flexibility index (Phi) is 62.7. The third kappa shape index (κ3) is 63.2. The molecule has 0 saturated carbocycles. The molecule has 0 aromatic rings. The molecule has 0 saturated heterocycles. The lowest BCUT2D eigenvalue weighted by Crippen LogP contribution is -2.30. The summed E-state index contributed by atoms with van der Waals surface area (Å²) in [5, 5.41) is 0. The van der Waals surface area contributed by atoms with Crippen LogP contribution in [0.1, 0.15) is 323 Å². The molecule has 0 aliphatic rings. The van der Waals surface area contributed by atoms with E-state index in [-0.39, 0.29) is 31.1 Å². The van der Waals surface area contributed by atoms with Crippen LogP contribution in [0, 0.1) is 0 Å². The van der Waals surface area contributed by atoms with E-state index >= 15 is 0 Å². The molecule has 6 nitrogen and oxygen atoms in total. The second kappa shape index (κ2) is 65.8. The fraction of sp³-hybridized carbons (Fsp3) is 0.736. The van der Waals surface area contributed by atoms with Crippen LogP contribution in [0.4, 0.5) is 0 Å². The van der Waals surface area contributed by atoms with Gasteiger partial charge in [0.1, 0.15) is 13.2 Å². The summed E-state index contributed by atoms with van der Waals surface area (Å²) in [5.41, 5.74) is 0. The van der Waals surface area contributed by atoms with E-state index in [1.165, 1.54) is 173 Å². The minimum Gasteiger partial charge on any atom is -0.462 e. The first kappa shape index (κ1) is 74.3. The monoisotopic (exact) mass is 1080 g/mol. The molecule has 0 spiro atoms. The number of unbranched alkanes of at least 4 members (excludes halogenated alkanes) is 33. The number of hydrogen-bond donors (Lipinski definition) is 0. The maximum absolute atomic E-state index is 12.9. The normalized spacial score (nSPS) is 12.7. The van der Waals surface area contributed by atoms with E-state index in [0.717, 1.165) is 109 Å². The molecule has 0 aliphatic heterocycles. The molecular formula is C72H124O6. The average molecular weight is 1090 g/mol. The van der Waals surface area contributed by atoms with E-state index in [0.29, 0.717) is 19.3 Å². The topological polar surface area (TPSA) is 78.9 Å². The largest absolute Gasteiger partial charge is 0.462 e. The van der Waals surface area contributed by atoms with Gasteiger partial charge >= 0.3 is 17.9 Å². The Labute approximate surface area is 483 Å². The molecule has 6 heteroatoms. The van der Waals surface area contributed by atoms with Crippen molar-refractivity contribution < 1.29 is 28.6 Å². The molecule has 448 valence electrons. The summed E-state index contributed by atoms with van der Waals surface area (Å²) in [5.74, 6) is -0.910. The third-order valence-corrected chi connectivity index (χ3v) is 14.3. The van der Waals surface area contributed by atoms with Crippen molar-refractivity contribution in [2.75, 3.05) is 13.2 Å². The lowest BCUT2D eigenvalue weighted by Gasteiger charge is -2.18. The summed E-state index contributed by atoms with van der Waals surface area (Å²) >= 11 is 0. The SMILES string of the molecule is CC/C=C\C/C=C\C/C=C\C/C=C\C/C=C\CCCCCC(=O)OC(COC(=O)CCCCCCCCCCCCCC)COC(=O)CCCCCCCCCCCCCCCC/C=C\C/C=C\C/C=C\CCCCCCC. The molecule has 0 aromatic carbocycles. The molecule has 0 amide bonds. The summed E-state index contributed by atoms with van der Waals surface area (Å²) in [6, 6.07) is 0. The van der Waals surface area contributed by atoms with Crippen molar-refractivity contribution in [3.63, 3.8) is 0 Å². The highest BCUT2D eigenvalue weighted by Gasteiger charge is 2.19. The van der Waals surface area contributed by atoms with Crippen molar-refractivity contribution in [1.29, 1.82) is 0 Å². The second-order valence-corrected chi connectivity index (χ2v) is 22.0. The van der Waals surface area contributed by atoms with Gasteiger partial charge in [-0.25, -0.2) is 0 Å². The Morgan fingerprint density at radius 3 is 0.795 bits per heavy atom. The molecule has 0 bridgehead atoms. The van der Waals surface area contributed by atoms with Crippen LogP contribution in [0.25, 0.3) is 0 Å². The molecule has 0 radical (unpaired) electrons. The van der Waals surface area contributed by atoms with Gasteiger partial charge in [0, 0.05) is 19.3 Å². The van der Waals surface area contributed by atoms with Gasteiger partial charge < -0.3 is 14.2 Å². The Hall–Kier alpha value is -3.67. The lowest BCUT2D eigenvalue weighted by molar-refractivity contribution is -0.167. The number of hydrogen-bond acceptors (Lipinski definition) is 6. The van der Waals surface area contributed by atoms with Crippen molar-refractivity contribution in [3.8, 4) is 0 Å². The van der Waals surface area contributed by atoms with E-state index < -0.39 is 6.10 Å². The predicted molar refractivity (Wildman–Crippen MR) is 339 cm³/mol. The fourth-order valence-corrected chi connectivity index (χ4v) is 9.36. The van der Waals surface area contributed by atoms with Crippen LogP contribution in [-0.2, 0) is 28.6 Å². The van der Waals surface area contributed by atoms with Gasteiger partial charge in [0.15, 0.2) is 6.10 Å². The summed E-state index contributed by atoms with van der Waals surface area (Å²) in [7, 11) is 0. The van der Waals surface area contributed by atoms with Crippen LogP contribution >= 0.6 is 0 Å². The summed E-state index contributed by atoms with van der Waals surface area (Å²) in [6.45, 7) is 6.51. The van der Waals surface area contributed by atoms with Crippen molar-refractivity contribution in [2.45, 2.75) is 329 Å². The van der Waals surface area contributed by atoms with Gasteiger partial charge in [-0.3, -0.25) is 14.4 Å². The molecule has 1 unspecified atom stereocenters. The van der Waals surface area contributed by atoms with Gasteiger partial charge in [-0.2, -0.15) is 0 Å². The zero-order valence-electron chi connectivity index (χ0n) is 51.4. The molecule has 0 aromatic heterocycles. The summed E-state index contributed by atoms with van der Waals surface area (Å²) < 4.78 is 16.9. The zero-order valence-corrected chi connectivity index (χ0v) is 51.4. The van der Waals surface area contributed by atoms with Gasteiger partial charge in [0.2, 0.25) is 0 Å². The lowest BCUT2D eigenvalue weighted by atomic mass is 10.0. The Morgan fingerprint density at radius 2 is 0.500 bits per heavy atom. The number of carbonyl (C=O) groups excluding carboxylic acids is 3. The molecule has 0 fully saturated rings. The van der Waals surface area contributed by atoms with E-state index in [2.05, 4.69) is 118 Å². The number of carbonyl (C=O) groups is 3. The molecular weight excluding hydrogens is 961 g/mol. The van der Waals surface area contributed by atoms with Crippen LogP contribution in [0.15, 0.2) is 97.2 Å². The standard InChI is InChI=1S/C72H124O6/c1-4-7-10-13-16-19-22-25-27-29-31-32-33-34-35-36-37-38-39-40-42-43-45-47-50-53-56-59-62-65-71(74)77-68-69(67-76-70(73)64-61-58-55-52-49-24-21-18-15-12-9-6-3)78-72(75)66-63-60-57-54-51-48-46-44-41-30-28-26-23-20-17-14-11-8-5-2/h8,11,17,20,22,25-26,28-29,31,33-34,41,44,48,51,69H,4-7,9-10,12-16,18-19,21,23-24,27,30,32,35-40,42-43,45-47,49-50,52-68H2,1-3H3/b11-8-,20-17-,25-22-,28-26-,31-29-,34-33-,44-41-,51-48-. The highest BCUT2D eigenvalue weighted by atomic mass is 16.6. The van der Waals surface area contributed by atoms with Crippen LogP contribution in [0.5, 0.6) is 0 Å². The molecule has 0 aliphatic carbocycles. The van der Waals surface area contributed by atoms with E-state index in [9.17, 15) is 14.4 Å². The first-order chi connectivity index (χ1) is 38.5. The second-order valence-electron chi connectivity index (χ2n) is 22.0. The number of rotatable bonds is 60. The fourth-order valence-electron chi connectivity index (χ4n) is 9.36. The van der Waals surface area contributed by atoms with Crippen LogP contribution in [0.3, 0.4) is 0 Å². The van der Waals surface area contributed by atoms with Crippen LogP contribution in [0.2, 0.25) is 0 Å². The number of esters is 3. The average Bonchev–Trinajstić information content (AvgIpc) is 3.44. The quantitative estimate of drug-likeness (QED) is 0.0261. The molecule has 0 N–H and O–H groups in total. The first-order valence-electron chi connectivity index (χ1n) is 33.2. The minimum atomic E-state index is -0.795. The number of ether oxygens (including phenoxy) is 3. The van der Waals surface area contributed by atoms with Gasteiger partial charge in [0.25, 0.3) is 0 Å². The third-order valence-electron chi connectivity index (χ3n) is 14.3. The van der Waals surface area contributed by atoms with Crippen molar-refractivity contribution >= 4 is 17.9 Å². The Morgan fingerprint density at radius 1 is 0.269 bits per heavy atom. The molecule has 0 heterocycles. The summed E-state index contributed by atoms with van der Waals surface area (Å²) in [4.78, 5) is 38.3. The minimum absolute atomic E-state index is 0.0883. The highest BCUT2D eigenvalue weighted by molar-refractivity contribution is 5.71. The smallest absolute Gasteiger partial charge is 0.306 e. The maximum Gasteiger partial charge on any atom is 0.306 e. The van der Waals surface area contributed by atoms with Gasteiger partial charge in [-0.1, -0.05) is 298 Å². The van der Waals surface area contributed by atoms with Gasteiger partial charge in [-0.05, 0) is 103 Å². The van der Waals surface area contributed by atoms with Crippen molar-refractivity contribution in [2.24, 2.45) is 0 Å². The zero-order chi connectivity index (χ0) is 56.4. The highest BCUT2D eigenvalue weighted by Crippen LogP contribution is 2.17. The van der Waals surface area contributed by atoms with Crippen LogP contribution in [-0.4, -0.2) is 37.2 Å². The predicted octanol–water partition coefficient (Wildman–Crippen LogP) is 22.8. The maximum atomic E-state index is 12.9. The van der Waals surface area contributed by atoms with Crippen LogP contribution < -0.4 is 0 Å². The van der Waals surface area contributed by atoms with E-state index in [1.807, 2.05) is 0 Å². The first-order valence-corrected chi connectivity index (χ1v) is 33.2. The molecule has 78 heavy (non-hydrogen) atoms. The molecule has 1 atom stereocenters. The van der Waals surface area contributed by atoms with Crippen molar-refractivity contribution in [3.05, 3.63) is 97.2 Å². The van der Waals surface area contributed by atoms with E-state index in [1.54, 1.807) is 0 Å². The Bertz CT molecular complexity index is 1530. The number of allylic oxidation sites excluding steroid dienone is 16. The van der Waals surface area contributed by atoms with Gasteiger partial charge in [0.05, 0.1) is 0 Å². The Balaban J connectivity index is 4.28.